The molecule has 0 aromatic heterocycles. The SMILES string of the molecule is Cc1ccc(S(=O)(=O)N2CCC(NC(=O)c3ccc(Cl)cc3)CC2)cc1C. The van der Waals surface area contributed by atoms with E-state index in [0.29, 0.717) is 41.4 Å². The van der Waals surface area contributed by atoms with Gasteiger partial charge in [0, 0.05) is 29.7 Å². The van der Waals surface area contributed by atoms with Crippen molar-refractivity contribution in [1.29, 1.82) is 0 Å². The van der Waals surface area contributed by atoms with Gasteiger partial charge in [0.1, 0.15) is 0 Å². The van der Waals surface area contributed by atoms with E-state index < -0.39 is 10.0 Å². The number of carbonyl (C=O) groups excluding carboxylic acids is 1. The van der Waals surface area contributed by atoms with Crippen LogP contribution in [0.5, 0.6) is 0 Å². The molecule has 1 aliphatic rings. The predicted octanol–water partition coefficient (Wildman–Crippen LogP) is 3.54. The topological polar surface area (TPSA) is 66.5 Å². The molecular formula is C20H23ClN2O3S. The highest BCUT2D eigenvalue weighted by molar-refractivity contribution is 7.89. The molecule has 0 spiro atoms. The van der Waals surface area contributed by atoms with Crippen LogP contribution in [0.1, 0.15) is 34.3 Å². The highest BCUT2D eigenvalue weighted by atomic mass is 35.5. The Labute approximate surface area is 165 Å². The van der Waals surface area contributed by atoms with Crippen LogP contribution >= 0.6 is 11.6 Å². The van der Waals surface area contributed by atoms with Gasteiger partial charge in [-0.2, -0.15) is 4.31 Å². The Hall–Kier alpha value is -1.89. The van der Waals surface area contributed by atoms with E-state index in [9.17, 15) is 13.2 Å². The van der Waals surface area contributed by atoms with E-state index in [4.69, 9.17) is 11.6 Å². The van der Waals surface area contributed by atoms with Crippen LogP contribution in [0.2, 0.25) is 5.02 Å². The summed E-state index contributed by atoms with van der Waals surface area (Å²) in [7, 11) is -3.50. The lowest BCUT2D eigenvalue weighted by Crippen LogP contribution is -2.46. The van der Waals surface area contributed by atoms with Crippen molar-refractivity contribution in [3.8, 4) is 0 Å². The molecule has 1 aliphatic heterocycles. The van der Waals surface area contributed by atoms with Crippen LogP contribution in [-0.4, -0.2) is 37.8 Å². The number of rotatable bonds is 4. The van der Waals surface area contributed by atoms with Gasteiger partial charge in [-0.1, -0.05) is 17.7 Å². The lowest BCUT2D eigenvalue weighted by molar-refractivity contribution is 0.0924. The molecule has 1 amide bonds. The summed E-state index contributed by atoms with van der Waals surface area (Å²) in [5.74, 6) is -0.165. The zero-order valence-corrected chi connectivity index (χ0v) is 17.0. The first kappa shape index (κ1) is 19.9. The molecule has 0 radical (unpaired) electrons. The summed E-state index contributed by atoms with van der Waals surface area (Å²) in [6.07, 6.45) is 1.17. The molecule has 0 saturated carbocycles. The van der Waals surface area contributed by atoms with E-state index >= 15 is 0 Å². The Kier molecular flexibility index (Phi) is 5.89. The third kappa shape index (κ3) is 4.51. The molecule has 144 valence electrons. The summed E-state index contributed by atoms with van der Waals surface area (Å²) in [5.41, 5.74) is 2.57. The third-order valence-corrected chi connectivity index (χ3v) is 7.16. The van der Waals surface area contributed by atoms with Crippen molar-refractivity contribution in [2.24, 2.45) is 0 Å². The Morgan fingerprint density at radius 3 is 2.26 bits per heavy atom. The van der Waals surface area contributed by atoms with E-state index in [1.807, 2.05) is 19.9 Å². The monoisotopic (exact) mass is 406 g/mol. The van der Waals surface area contributed by atoms with E-state index in [-0.39, 0.29) is 11.9 Å². The molecule has 2 aromatic rings. The second-order valence-electron chi connectivity index (χ2n) is 6.90. The maximum Gasteiger partial charge on any atom is 0.251 e. The standard InChI is InChI=1S/C20H23ClN2O3S/c1-14-3-8-19(13-15(14)2)27(25,26)23-11-9-18(10-12-23)22-20(24)16-4-6-17(21)7-5-16/h3-8,13,18H,9-12H2,1-2H3,(H,22,24). The molecule has 5 nitrogen and oxygen atoms in total. The van der Waals surface area contributed by atoms with E-state index in [1.165, 1.54) is 4.31 Å². The predicted molar refractivity (Wildman–Crippen MR) is 107 cm³/mol. The molecule has 27 heavy (non-hydrogen) atoms. The van der Waals surface area contributed by atoms with Crippen LogP contribution in [0.3, 0.4) is 0 Å². The molecule has 1 fully saturated rings. The van der Waals surface area contributed by atoms with Gasteiger partial charge < -0.3 is 5.32 Å². The highest BCUT2D eigenvalue weighted by Crippen LogP contribution is 2.23. The quantitative estimate of drug-likeness (QED) is 0.844. The summed E-state index contributed by atoms with van der Waals surface area (Å²) in [6.45, 7) is 4.65. The molecule has 1 saturated heterocycles. The number of piperidine rings is 1. The average molecular weight is 407 g/mol. The van der Waals surface area contributed by atoms with Gasteiger partial charge in [-0.3, -0.25) is 4.79 Å². The first-order chi connectivity index (χ1) is 12.8. The first-order valence-electron chi connectivity index (χ1n) is 8.91. The molecule has 3 rings (SSSR count). The molecule has 0 atom stereocenters. The largest absolute Gasteiger partial charge is 0.349 e. The van der Waals surface area contributed by atoms with Crippen LogP contribution in [0.4, 0.5) is 0 Å². The van der Waals surface area contributed by atoms with Gasteiger partial charge in [0.2, 0.25) is 10.0 Å². The maximum absolute atomic E-state index is 12.9. The second kappa shape index (κ2) is 8.00. The van der Waals surface area contributed by atoms with Crippen molar-refractivity contribution in [3.05, 3.63) is 64.2 Å². The Morgan fingerprint density at radius 1 is 1.04 bits per heavy atom. The summed E-state index contributed by atoms with van der Waals surface area (Å²) in [6, 6.07) is 11.9. The van der Waals surface area contributed by atoms with Gasteiger partial charge in [-0.05, 0) is 74.2 Å². The maximum atomic E-state index is 12.9. The molecule has 7 heteroatoms. The fourth-order valence-electron chi connectivity index (χ4n) is 3.13. The van der Waals surface area contributed by atoms with Crippen LogP contribution < -0.4 is 5.32 Å². The minimum atomic E-state index is -3.50. The van der Waals surface area contributed by atoms with Gasteiger partial charge in [-0.25, -0.2) is 8.42 Å². The molecule has 2 aromatic carbocycles. The van der Waals surface area contributed by atoms with Crippen molar-refractivity contribution in [2.45, 2.75) is 37.6 Å². The molecule has 0 bridgehead atoms. The number of nitrogens with one attached hydrogen (secondary N) is 1. The van der Waals surface area contributed by atoms with Crippen LogP contribution in [0, 0.1) is 13.8 Å². The molecule has 1 heterocycles. The Morgan fingerprint density at radius 2 is 1.67 bits per heavy atom. The number of hydrogen-bond donors (Lipinski definition) is 1. The number of nitrogens with zero attached hydrogens (tertiary/aromatic N) is 1. The van der Waals surface area contributed by atoms with Crippen molar-refractivity contribution >= 4 is 27.5 Å². The summed E-state index contributed by atoms with van der Waals surface area (Å²) >= 11 is 5.84. The number of sulfonamides is 1. The van der Waals surface area contributed by atoms with Gasteiger partial charge in [0.05, 0.1) is 4.90 Å². The zero-order valence-electron chi connectivity index (χ0n) is 15.4. The zero-order chi connectivity index (χ0) is 19.6. The Bertz CT molecular complexity index is 934. The normalized spacial score (nSPS) is 16.3. The van der Waals surface area contributed by atoms with E-state index in [2.05, 4.69) is 5.32 Å². The van der Waals surface area contributed by atoms with Crippen LogP contribution in [0.25, 0.3) is 0 Å². The number of aryl methyl sites for hydroxylation is 2. The van der Waals surface area contributed by atoms with Gasteiger partial charge in [0.15, 0.2) is 0 Å². The minimum absolute atomic E-state index is 0.0422. The summed E-state index contributed by atoms with van der Waals surface area (Å²) in [5, 5.41) is 3.56. The third-order valence-electron chi connectivity index (χ3n) is 5.01. The molecular weight excluding hydrogens is 384 g/mol. The Balaban J connectivity index is 1.61. The van der Waals surface area contributed by atoms with Crippen LogP contribution in [0.15, 0.2) is 47.4 Å². The molecule has 0 unspecified atom stereocenters. The van der Waals surface area contributed by atoms with E-state index in [1.54, 1.807) is 36.4 Å². The second-order valence-corrected chi connectivity index (χ2v) is 9.28. The highest BCUT2D eigenvalue weighted by Gasteiger charge is 2.30. The lowest BCUT2D eigenvalue weighted by Gasteiger charge is -2.31. The van der Waals surface area contributed by atoms with Gasteiger partial charge in [-0.15, -0.1) is 0 Å². The van der Waals surface area contributed by atoms with Crippen molar-refractivity contribution in [3.63, 3.8) is 0 Å². The van der Waals surface area contributed by atoms with Crippen molar-refractivity contribution in [2.75, 3.05) is 13.1 Å². The number of halogens is 1. The fraction of sp³-hybridized carbons (Fsp3) is 0.350. The molecule has 0 aliphatic carbocycles. The first-order valence-corrected chi connectivity index (χ1v) is 10.7. The average Bonchev–Trinajstić information content (AvgIpc) is 2.65. The summed E-state index contributed by atoms with van der Waals surface area (Å²) in [4.78, 5) is 12.6. The van der Waals surface area contributed by atoms with Gasteiger partial charge in [0.25, 0.3) is 5.91 Å². The lowest BCUT2D eigenvalue weighted by atomic mass is 10.1. The number of hydrogen-bond acceptors (Lipinski definition) is 3. The van der Waals surface area contributed by atoms with Crippen molar-refractivity contribution < 1.29 is 13.2 Å². The number of benzene rings is 2. The van der Waals surface area contributed by atoms with Gasteiger partial charge >= 0.3 is 0 Å². The van der Waals surface area contributed by atoms with Crippen molar-refractivity contribution in [1.82, 2.24) is 9.62 Å². The van der Waals surface area contributed by atoms with E-state index in [0.717, 1.165) is 11.1 Å². The number of amides is 1. The fourth-order valence-corrected chi connectivity index (χ4v) is 4.82. The van der Waals surface area contributed by atoms with Crippen LogP contribution in [-0.2, 0) is 10.0 Å². The summed E-state index contributed by atoms with van der Waals surface area (Å²) < 4.78 is 27.2. The minimum Gasteiger partial charge on any atom is -0.349 e. The smallest absolute Gasteiger partial charge is 0.251 e. The molecule has 1 N–H and O–H groups in total. The number of carbonyl (C=O) groups is 1.